The fourth-order valence-corrected chi connectivity index (χ4v) is 3.67. The molecule has 0 unspecified atom stereocenters. The van der Waals surface area contributed by atoms with Crippen molar-refractivity contribution in [2.45, 2.75) is 26.4 Å². The molecule has 3 nitrogen and oxygen atoms in total. The van der Waals surface area contributed by atoms with Crippen molar-refractivity contribution in [3.05, 3.63) is 80.8 Å². The van der Waals surface area contributed by atoms with Gasteiger partial charge in [-0.25, -0.2) is 14.4 Å². The number of aromatic nitrogens is 2. The molecule has 0 N–H and O–H groups in total. The lowest BCUT2D eigenvalue weighted by Gasteiger charge is -2.28. The van der Waals surface area contributed by atoms with Crippen LogP contribution in [0.5, 0.6) is 0 Å². The van der Waals surface area contributed by atoms with Crippen molar-refractivity contribution in [2.24, 2.45) is 0 Å². The molecule has 27 heavy (non-hydrogen) atoms. The van der Waals surface area contributed by atoms with E-state index in [1.807, 2.05) is 37.4 Å². The predicted octanol–water partition coefficient (Wildman–Crippen LogP) is 5.46. The summed E-state index contributed by atoms with van der Waals surface area (Å²) in [5.41, 5.74) is 4.50. The highest BCUT2D eigenvalue weighted by Crippen LogP contribution is 2.27. The summed E-state index contributed by atoms with van der Waals surface area (Å²) in [6, 6.07) is 10.7. The average molecular weight is 402 g/mol. The summed E-state index contributed by atoms with van der Waals surface area (Å²) in [5.74, 6) is 0.442. The van der Waals surface area contributed by atoms with E-state index in [9.17, 15) is 4.39 Å². The molecule has 1 aliphatic rings. The largest absolute Gasteiger partial charge is 0.294 e. The summed E-state index contributed by atoms with van der Waals surface area (Å²) in [6.45, 7) is 3.85. The molecule has 1 aliphatic heterocycles. The molecule has 1 aromatic heterocycles. The molecular weight excluding hydrogens is 384 g/mol. The second-order valence-corrected chi connectivity index (χ2v) is 7.60. The SMILES string of the molecule is Cc1ccc(F)c(CN2CCc3nc(-c4ccc(Cl)cc4)ncc3C2)c1Cl. The maximum Gasteiger partial charge on any atom is 0.159 e. The zero-order chi connectivity index (χ0) is 19.0. The van der Waals surface area contributed by atoms with E-state index in [4.69, 9.17) is 28.2 Å². The molecule has 0 spiro atoms. The lowest BCUT2D eigenvalue weighted by Crippen LogP contribution is -2.31. The minimum absolute atomic E-state index is 0.259. The zero-order valence-electron chi connectivity index (χ0n) is 14.8. The second kappa shape index (κ2) is 7.55. The van der Waals surface area contributed by atoms with Gasteiger partial charge in [0.25, 0.3) is 0 Å². The molecule has 0 fully saturated rings. The van der Waals surface area contributed by atoms with E-state index >= 15 is 0 Å². The Kier molecular flexibility index (Phi) is 5.13. The highest BCUT2D eigenvalue weighted by Gasteiger charge is 2.21. The Balaban J connectivity index is 1.54. The standard InChI is InChI=1S/C21H18Cl2FN3/c1-13-2-7-18(24)17(20(13)23)12-27-9-8-19-15(11-27)10-25-21(26-19)14-3-5-16(22)6-4-14/h2-7,10H,8-9,11-12H2,1H3. The Morgan fingerprint density at radius 3 is 2.67 bits per heavy atom. The summed E-state index contributed by atoms with van der Waals surface area (Å²) in [5, 5.41) is 1.20. The number of hydrogen-bond acceptors (Lipinski definition) is 3. The third-order valence-electron chi connectivity index (χ3n) is 4.88. The maximum absolute atomic E-state index is 14.2. The molecule has 0 amide bonds. The van der Waals surface area contributed by atoms with Crippen LogP contribution in [0.15, 0.2) is 42.6 Å². The molecule has 2 heterocycles. The molecule has 0 aliphatic carbocycles. The van der Waals surface area contributed by atoms with Gasteiger partial charge in [0.1, 0.15) is 5.82 Å². The quantitative estimate of drug-likeness (QED) is 0.583. The van der Waals surface area contributed by atoms with Crippen molar-refractivity contribution >= 4 is 23.2 Å². The van der Waals surface area contributed by atoms with Crippen molar-refractivity contribution < 1.29 is 4.39 Å². The molecule has 0 radical (unpaired) electrons. The number of benzene rings is 2. The molecule has 0 atom stereocenters. The van der Waals surface area contributed by atoms with Gasteiger partial charge in [0.15, 0.2) is 5.82 Å². The smallest absolute Gasteiger partial charge is 0.159 e. The molecule has 4 rings (SSSR count). The summed E-state index contributed by atoms with van der Waals surface area (Å²) in [7, 11) is 0. The molecule has 138 valence electrons. The summed E-state index contributed by atoms with van der Waals surface area (Å²) < 4.78 is 14.2. The van der Waals surface area contributed by atoms with Gasteiger partial charge in [0, 0.05) is 54.0 Å². The molecule has 0 saturated heterocycles. The number of aryl methyl sites for hydroxylation is 1. The normalized spacial score (nSPS) is 14.2. The second-order valence-electron chi connectivity index (χ2n) is 6.79. The van der Waals surface area contributed by atoms with Crippen LogP contribution in [0.4, 0.5) is 4.39 Å². The van der Waals surface area contributed by atoms with Crippen molar-refractivity contribution in [3.8, 4) is 11.4 Å². The van der Waals surface area contributed by atoms with Crippen LogP contribution in [0.2, 0.25) is 10.0 Å². The molecule has 0 bridgehead atoms. The number of fused-ring (bicyclic) bond motifs is 1. The van der Waals surface area contributed by atoms with E-state index in [2.05, 4.69) is 9.88 Å². The first-order valence-corrected chi connectivity index (χ1v) is 9.53. The van der Waals surface area contributed by atoms with Crippen LogP contribution in [0.25, 0.3) is 11.4 Å². The maximum atomic E-state index is 14.2. The molecule has 6 heteroatoms. The van der Waals surface area contributed by atoms with Crippen LogP contribution in [-0.2, 0) is 19.5 Å². The van der Waals surface area contributed by atoms with Crippen molar-refractivity contribution in [2.75, 3.05) is 6.54 Å². The van der Waals surface area contributed by atoms with Gasteiger partial charge in [-0.3, -0.25) is 4.90 Å². The van der Waals surface area contributed by atoms with Gasteiger partial charge in [0.05, 0.1) is 10.7 Å². The van der Waals surface area contributed by atoms with Crippen molar-refractivity contribution in [1.82, 2.24) is 14.9 Å². The fraction of sp³-hybridized carbons (Fsp3) is 0.238. The van der Waals surface area contributed by atoms with E-state index in [1.54, 1.807) is 6.07 Å². The fourth-order valence-electron chi connectivity index (χ4n) is 3.33. The Bertz CT molecular complexity index is 989. The number of nitrogens with zero attached hydrogens (tertiary/aromatic N) is 3. The minimum atomic E-state index is -0.259. The lowest BCUT2D eigenvalue weighted by molar-refractivity contribution is 0.239. The van der Waals surface area contributed by atoms with E-state index in [-0.39, 0.29) is 5.82 Å². The average Bonchev–Trinajstić information content (AvgIpc) is 2.68. The Morgan fingerprint density at radius 2 is 1.89 bits per heavy atom. The summed E-state index contributed by atoms with van der Waals surface area (Å²) in [4.78, 5) is 11.4. The van der Waals surface area contributed by atoms with Crippen LogP contribution in [0.1, 0.15) is 22.4 Å². The Hall–Kier alpha value is -2.01. The van der Waals surface area contributed by atoms with E-state index in [0.29, 0.717) is 34.5 Å². The van der Waals surface area contributed by atoms with Crippen LogP contribution in [0.3, 0.4) is 0 Å². The summed E-state index contributed by atoms with van der Waals surface area (Å²) in [6.07, 6.45) is 2.66. The van der Waals surface area contributed by atoms with Crippen molar-refractivity contribution in [1.29, 1.82) is 0 Å². The number of halogens is 3. The first-order valence-electron chi connectivity index (χ1n) is 8.78. The topological polar surface area (TPSA) is 29.0 Å². The monoisotopic (exact) mass is 401 g/mol. The van der Waals surface area contributed by atoms with E-state index < -0.39 is 0 Å². The third kappa shape index (κ3) is 3.84. The van der Waals surface area contributed by atoms with Gasteiger partial charge in [-0.1, -0.05) is 29.3 Å². The van der Waals surface area contributed by atoms with Gasteiger partial charge >= 0.3 is 0 Å². The third-order valence-corrected chi connectivity index (χ3v) is 5.65. The predicted molar refractivity (Wildman–Crippen MR) is 106 cm³/mol. The molecular formula is C21H18Cl2FN3. The highest BCUT2D eigenvalue weighted by atomic mass is 35.5. The van der Waals surface area contributed by atoms with Gasteiger partial charge < -0.3 is 0 Å². The van der Waals surface area contributed by atoms with Crippen LogP contribution in [0, 0.1) is 12.7 Å². The van der Waals surface area contributed by atoms with E-state index in [1.165, 1.54) is 6.07 Å². The number of hydrogen-bond donors (Lipinski definition) is 0. The van der Waals surface area contributed by atoms with Gasteiger partial charge in [0.2, 0.25) is 0 Å². The first kappa shape index (κ1) is 18.4. The molecule has 3 aromatic rings. The lowest BCUT2D eigenvalue weighted by atomic mass is 10.0. The van der Waals surface area contributed by atoms with Gasteiger partial charge in [-0.15, -0.1) is 0 Å². The Morgan fingerprint density at radius 1 is 1.11 bits per heavy atom. The van der Waals surface area contributed by atoms with Crippen LogP contribution >= 0.6 is 23.2 Å². The Labute approximate surface area is 167 Å². The van der Waals surface area contributed by atoms with Crippen LogP contribution < -0.4 is 0 Å². The molecule has 2 aromatic carbocycles. The molecule has 0 saturated carbocycles. The minimum Gasteiger partial charge on any atom is -0.294 e. The van der Waals surface area contributed by atoms with Gasteiger partial charge in [-0.05, 0) is 42.8 Å². The highest BCUT2D eigenvalue weighted by molar-refractivity contribution is 6.32. The van der Waals surface area contributed by atoms with Crippen molar-refractivity contribution in [3.63, 3.8) is 0 Å². The zero-order valence-corrected chi connectivity index (χ0v) is 16.4. The summed E-state index contributed by atoms with van der Waals surface area (Å²) >= 11 is 12.3. The number of rotatable bonds is 3. The van der Waals surface area contributed by atoms with Gasteiger partial charge in [-0.2, -0.15) is 0 Å². The van der Waals surface area contributed by atoms with Crippen LogP contribution in [-0.4, -0.2) is 21.4 Å². The van der Waals surface area contributed by atoms with E-state index in [0.717, 1.165) is 35.3 Å². The first-order chi connectivity index (χ1) is 13.0.